The zero-order valence-electron chi connectivity index (χ0n) is 37.0. The van der Waals surface area contributed by atoms with Gasteiger partial charge in [-0.1, -0.05) is 95.1 Å². The van der Waals surface area contributed by atoms with Gasteiger partial charge in [0.25, 0.3) is 0 Å². The Morgan fingerprint density at radius 1 is 0.712 bits per heavy atom. The Morgan fingerprint density at radius 2 is 1.18 bits per heavy atom. The van der Waals surface area contributed by atoms with E-state index in [0.29, 0.717) is 6.42 Å². The molecule has 13 nitrogen and oxygen atoms in total. The monoisotopic (exact) mass is 890 g/mol. The number of rotatable bonds is 23. The molecule has 1 saturated heterocycles. The molecule has 1 aromatic heterocycles. The van der Waals surface area contributed by atoms with E-state index in [0.717, 1.165) is 25.7 Å². The third kappa shape index (κ3) is 25.3. The minimum Gasteiger partial charge on any atom is -0.390 e. The third-order valence-corrected chi connectivity index (χ3v) is 9.39. The molecule has 8 atom stereocenters. The molecule has 2 unspecified atom stereocenters. The first kappa shape index (κ1) is 55.1. The van der Waals surface area contributed by atoms with E-state index in [1.807, 2.05) is 0 Å². The molecule has 66 heavy (non-hydrogen) atoms. The van der Waals surface area contributed by atoms with Crippen LogP contribution in [0.25, 0.3) is 0 Å². The highest BCUT2D eigenvalue weighted by atomic mass is 16.7. The van der Waals surface area contributed by atoms with Crippen molar-refractivity contribution >= 4 is 5.91 Å². The molecule has 0 aliphatic carbocycles. The average molecular weight is 891 g/mol. The van der Waals surface area contributed by atoms with Gasteiger partial charge in [0.05, 0.1) is 44.5 Å². The highest BCUT2D eigenvalue weighted by molar-refractivity contribution is 5.79. The molecule has 0 saturated carbocycles. The van der Waals surface area contributed by atoms with Crippen molar-refractivity contribution in [2.45, 2.75) is 159 Å². The minimum absolute atomic E-state index is 0.111. The number of aromatic nitrogens is 3. The maximum atomic E-state index is 13.0. The molecular weight excluding hydrogens is 837 g/mol. The quantitative estimate of drug-likeness (QED) is 0.0611. The van der Waals surface area contributed by atoms with Crippen molar-refractivity contribution in [2.24, 2.45) is 0 Å². The number of nitrogens with one attached hydrogen (secondary N) is 1. The second kappa shape index (κ2) is 36.4. The fraction of sp³-hybridized carbons (Fsp3) is 0.491. The maximum absolute atomic E-state index is 13.0. The number of amides is 1. The predicted octanol–water partition coefficient (Wildman–Crippen LogP) is 0.953. The van der Waals surface area contributed by atoms with Crippen LogP contribution in [0.3, 0.4) is 0 Å². The number of ether oxygens (including phenoxy) is 2. The molecule has 340 valence electrons. The largest absolute Gasteiger partial charge is 0.390 e. The van der Waals surface area contributed by atoms with Crippen molar-refractivity contribution < 1.29 is 44.9 Å². The number of aliphatic hydroxyl groups excluding tert-OH is 6. The Labute approximate surface area is 390 Å². The minimum atomic E-state index is -1.70. The summed E-state index contributed by atoms with van der Waals surface area (Å²) in [6.45, 7) is 1.28. The van der Waals surface area contributed by atoms with Crippen LogP contribution in [0, 0.1) is 143 Å². The van der Waals surface area contributed by atoms with Crippen LogP contribution < -0.4 is 5.32 Å². The van der Waals surface area contributed by atoms with Gasteiger partial charge in [0.2, 0.25) is 5.91 Å². The van der Waals surface area contributed by atoms with Gasteiger partial charge in [0.15, 0.2) is 6.29 Å². The van der Waals surface area contributed by atoms with Crippen molar-refractivity contribution in [3.63, 3.8) is 0 Å². The second-order valence-electron chi connectivity index (χ2n) is 14.5. The molecule has 1 amide bonds. The van der Waals surface area contributed by atoms with Gasteiger partial charge in [0.1, 0.15) is 36.2 Å². The first-order valence-electron chi connectivity index (χ1n) is 21.6. The van der Waals surface area contributed by atoms with Gasteiger partial charge in [-0.2, -0.15) is 0 Å². The van der Waals surface area contributed by atoms with Gasteiger partial charge in [-0.3, -0.25) is 4.79 Å². The van der Waals surface area contributed by atoms with E-state index in [2.05, 4.69) is 159 Å². The van der Waals surface area contributed by atoms with Crippen LogP contribution in [0.15, 0.2) is 6.20 Å². The van der Waals surface area contributed by atoms with Gasteiger partial charge in [-0.05, 0) is 101 Å². The van der Waals surface area contributed by atoms with Crippen LogP contribution in [0.4, 0.5) is 0 Å². The number of carbonyl (C=O) groups is 1. The van der Waals surface area contributed by atoms with E-state index in [1.54, 1.807) is 0 Å². The standard InChI is InChI=1S/C53H54N4O9/c1-3-5-7-9-11-13-15-17-18-19-20-21-22-23-24-25-26-27-29-31-33-35-37-39-48(60)54-45(49(61)46(59)38-36-34-32-30-28-16-14-12-10-8-6-4-2)43-65-53-52(64)51(63)50(62)47(66-53)41-57-40-44(42-58)55-56-57/h1,40,45-47,49-53,58-59,61-64H,4,6,8,10,12,14,16,28,30,32,34,36,38-39,41-43H2,2H3,(H,54,60)/t45-,46+,47?,49-,50-,51-,52?,53-/m0/s1. The Bertz CT molecular complexity index is 2470. The lowest BCUT2D eigenvalue weighted by atomic mass is 9.98. The molecular formula is C53H54N4O9. The lowest BCUT2D eigenvalue weighted by molar-refractivity contribution is -0.301. The van der Waals surface area contributed by atoms with Crippen molar-refractivity contribution in [1.82, 2.24) is 20.3 Å². The van der Waals surface area contributed by atoms with E-state index in [-0.39, 0.29) is 31.7 Å². The topological polar surface area (TPSA) is 200 Å². The average Bonchev–Trinajstić information content (AvgIpc) is 3.78. The summed E-state index contributed by atoms with van der Waals surface area (Å²) in [5.41, 5.74) is 0.271. The molecule has 0 spiro atoms. The Morgan fingerprint density at radius 3 is 1.65 bits per heavy atom. The molecule has 1 aliphatic heterocycles. The Hall–Kier alpha value is -6.99. The second-order valence-corrected chi connectivity index (χ2v) is 14.5. The van der Waals surface area contributed by atoms with Crippen LogP contribution in [0.1, 0.15) is 103 Å². The first-order chi connectivity index (χ1) is 32.2. The summed E-state index contributed by atoms with van der Waals surface area (Å²) < 4.78 is 12.8. The van der Waals surface area contributed by atoms with Crippen molar-refractivity contribution in [1.29, 1.82) is 0 Å². The predicted molar refractivity (Wildman–Crippen MR) is 247 cm³/mol. The number of aliphatic hydroxyl groups is 6. The van der Waals surface area contributed by atoms with Gasteiger partial charge >= 0.3 is 0 Å². The van der Waals surface area contributed by atoms with E-state index < -0.39 is 61.5 Å². The molecule has 1 aliphatic rings. The van der Waals surface area contributed by atoms with Crippen molar-refractivity contribution in [3.05, 3.63) is 11.9 Å². The highest BCUT2D eigenvalue weighted by Gasteiger charge is 2.45. The van der Waals surface area contributed by atoms with Crippen molar-refractivity contribution in [2.75, 3.05) is 6.61 Å². The number of hydrogen-bond acceptors (Lipinski definition) is 11. The smallest absolute Gasteiger partial charge is 0.232 e. The van der Waals surface area contributed by atoms with E-state index >= 15 is 0 Å². The number of carbonyl (C=O) groups excluding carboxylic acids is 1. The Balaban J connectivity index is 1.97. The Kier molecular flexibility index (Phi) is 30.4. The molecule has 2 heterocycles. The molecule has 7 N–H and O–H groups in total. The SMILES string of the molecule is C#CC#CC#CC#CC#CC#CC#CC#CC#CC#CC#CC#CCC(=O)N[C@@H](CO[C@H]1OC(Cn2cc(CO)nn2)[C@H](O)[C@H](O)C1O)[C@H](O)[C@H](O)CCCCCCCCCCCCCC. The summed E-state index contributed by atoms with van der Waals surface area (Å²) in [5, 5.41) is 73.6. The summed E-state index contributed by atoms with van der Waals surface area (Å²) in [4.78, 5) is 13.0. The van der Waals surface area contributed by atoms with Crippen LogP contribution in [0.5, 0.6) is 0 Å². The lowest BCUT2D eigenvalue weighted by Gasteiger charge is -2.40. The normalized spacial score (nSPS) is 17.3. The van der Waals surface area contributed by atoms with Gasteiger partial charge in [0, 0.05) is 35.5 Å². The van der Waals surface area contributed by atoms with E-state index in [1.165, 1.54) is 55.8 Å². The highest BCUT2D eigenvalue weighted by Crippen LogP contribution is 2.24. The molecule has 1 fully saturated rings. The van der Waals surface area contributed by atoms with Gasteiger partial charge < -0.3 is 45.4 Å². The zero-order chi connectivity index (χ0) is 47.9. The zero-order valence-corrected chi connectivity index (χ0v) is 37.0. The molecule has 2 rings (SSSR count). The summed E-state index contributed by atoms with van der Waals surface area (Å²) in [6.07, 6.45) is 9.72. The molecule has 0 radical (unpaired) electrons. The van der Waals surface area contributed by atoms with Crippen LogP contribution in [-0.4, -0.2) is 107 Å². The number of terminal acetylenes is 1. The number of unbranched alkanes of at least 4 members (excludes halogenated alkanes) is 11. The van der Waals surface area contributed by atoms with Crippen LogP contribution in [0.2, 0.25) is 0 Å². The number of nitrogens with zero attached hydrogens (tertiary/aromatic N) is 3. The van der Waals surface area contributed by atoms with E-state index in [4.69, 9.17) is 15.9 Å². The van der Waals surface area contributed by atoms with Crippen molar-refractivity contribution in [3.8, 4) is 143 Å². The van der Waals surface area contributed by atoms with Gasteiger partial charge in [-0.15, -0.1) is 11.5 Å². The van der Waals surface area contributed by atoms with E-state index in [9.17, 15) is 35.4 Å². The lowest BCUT2D eigenvalue weighted by Crippen LogP contribution is -2.60. The third-order valence-electron chi connectivity index (χ3n) is 9.39. The molecule has 0 bridgehead atoms. The summed E-state index contributed by atoms with van der Waals surface area (Å²) in [6, 6.07) is -1.19. The molecule has 0 aromatic carbocycles. The summed E-state index contributed by atoms with van der Waals surface area (Å²) in [5.74, 6) is 56.0. The fourth-order valence-corrected chi connectivity index (χ4v) is 6.00. The maximum Gasteiger partial charge on any atom is 0.232 e. The number of hydrogen-bond donors (Lipinski definition) is 7. The summed E-state index contributed by atoms with van der Waals surface area (Å²) >= 11 is 0. The van der Waals surface area contributed by atoms with Gasteiger partial charge in [-0.25, -0.2) is 4.68 Å². The fourth-order valence-electron chi connectivity index (χ4n) is 6.00. The summed E-state index contributed by atoms with van der Waals surface area (Å²) in [7, 11) is 0. The molecule has 13 heteroatoms. The van der Waals surface area contributed by atoms with Crippen LogP contribution in [-0.2, 0) is 27.4 Å². The van der Waals surface area contributed by atoms with Crippen LogP contribution >= 0.6 is 0 Å². The molecule has 1 aromatic rings. The first-order valence-corrected chi connectivity index (χ1v) is 21.6.